The summed E-state index contributed by atoms with van der Waals surface area (Å²) in [5.74, 6) is 1.21. The molecule has 0 aromatic heterocycles. The topological polar surface area (TPSA) is 49.9 Å². The van der Waals surface area contributed by atoms with Gasteiger partial charge in [0.05, 0.1) is 7.11 Å². The first-order valence-corrected chi connectivity index (χ1v) is 8.67. The predicted octanol–water partition coefficient (Wildman–Crippen LogP) is 2.10. The molecule has 0 bridgehead atoms. The molecule has 6 heteroatoms. The molecule has 1 aromatic carbocycles. The molecule has 5 nitrogen and oxygen atoms in total. The van der Waals surface area contributed by atoms with Crippen LogP contribution in [0, 0.1) is 5.92 Å². The predicted molar refractivity (Wildman–Crippen MR) is 83.4 cm³/mol. The monoisotopic (exact) mass is 312 g/mol. The molecule has 0 unspecified atom stereocenters. The summed E-state index contributed by atoms with van der Waals surface area (Å²) < 4.78 is 33.3. The molecule has 21 heavy (non-hydrogen) atoms. The molecule has 0 radical (unpaired) electrons. The molecular weight excluding hydrogens is 288 g/mol. The second-order valence-corrected chi connectivity index (χ2v) is 7.75. The molecule has 1 saturated heterocycles. The maximum absolute atomic E-state index is 12.6. The Balaban J connectivity index is 2.05. The van der Waals surface area contributed by atoms with E-state index < -0.39 is 10.2 Å². The van der Waals surface area contributed by atoms with Crippen LogP contribution in [0.1, 0.15) is 25.3 Å². The van der Waals surface area contributed by atoms with E-state index in [0.29, 0.717) is 25.6 Å². The smallest absolute Gasteiger partial charge is 0.282 e. The van der Waals surface area contributed by atoms with Crippen molar-refractivity contribution in [1.29, 1.82) is 0 Å². The van der Waals surface area contributed by atoms with Crippen molar-refractivity contribution in [3.05, 3.63) is 29.8 Å². The van der Waals surface area contributed by atoms with E-state index in [1.807, 2.05) is 24.3 Å². The maximum Gasteiger partial charge on any atom is 0.282 e. The first-order valence-electron chi connectivity index (χ1n) is 7.28. The van der Waals surface area contributed by atoms with Gasteiger partial charge in [0.1, 0.15) is 5.75 Å². The standard InChI is InChI=1S/C15H24N2O3S/c1-13-5-4-10-17(11-13)21(18,19)16(2)12-14-6-8-15(20-3)9-7-14/h6-9,13H,4-5,10-12H2,1-3H3/t13-/m0/s1. The zero-order valence-corrected chi connectivity index (χ0v) is 13.8. The Morgan fingerprint density at radius 2 is 2.00 bits per heavy atom. The molecule has 0 amide bonds. The van der Waals surface area contributed by atoms with Gasteiger partial charge in [0.2, 0.25) is 0 Å². The summed E-state index contributed by atoms with van der Waals surface area (Å²) in [4.78, 5) is 0. The molecule has 1 aliphatic rings. The lowest BCUT2D eigenvalue weighted by molar-refractivity contribution is 0.263. The van der Waals surface area contributed by atoms with Crippen LogP contribution in [0.15, 0.2) is 24.3 Å². The first-order chi connectivity index (χ1) is 9.93. The van der Waals surface area contributed by atoms with Crippen LogP contribution in [0.2, 0.25) is 0 Å². The van der Waals surface area contributed by atoms with Gasteiger partial charge in [-0.15, -0.1) is 0 Å². The molecule has 0 saturated carbocycles. The van der Waals surface area contributed by atoms with Crippen LogP contribution in [-0.4, -0.2) is 44.3 Å². The quantitative estimate of drug-likeness (QED) is 0.836. The maximum atomic E-state index is 12.6. The number of hydrogen-bond acceptors (Lipinski definition) is 3. The van der Waals surface area contributed by atoms with E-state index in [4.69, 9.17) is 4.74 Å². The van der Waals surface area contributed by atoms with Crippen molar-refractivity contribution in [3.63, 3.8) is 0 Å². The third-order valence-electron chi connectivity index (χ3n) is 3.90. The Kier molecular flexibility index (Phi) is 5.24. The minimum absolute atomic E-state index is 0.372. The highest BCUT2D eigenvalue weighted by Gasteiger charge is 2.30. The fourth-order valence-electron chi connectivity index (χ4n) is 2.62. The summed E-state index contributed by atoms with van der Waals surface area (Å²) in [6, 6.07) is 7.48. The summed E-state index contributed by atoms with van der Waals surface area (Å²) in [5, 5.41) is 0. The summed E-state index contributed by atoms with van der Waals surface area (Å²) in [5.41, 5.74) is 0.951. The second-order valence-electron chi connectivity index (χ2n) is 5.72. The Hall–Kier alpha value is -1.11. The van der Waals surface area contributed by atoms with Crippen LogP contribution in [-0.2, 0) is 16.8 Å². The molecule has 0 spiro atoms. The van der Waals surface area contributed by atoms with E-state index >= 15 is 0 Å². The van der Waals surface area contributed by atoms with Gasteiger partial charge in [-0.1, -0.05) is 19.1 Å². The zero-order chi connectivity index (χ0) is 15.5. The summed E-state index contributed by atoms with van der Waals surface area (Å²) in [6.45, 7) is 3.72. The van der Waals surface area contributed by atoms with Crippen molar-refractivity contribution in [2.45, 2.75) is 26.3 Å². The number of piperidine rings is 1. The number of methoxy groups -OCH3 is 1. The van der Waals surface area contributed by atoms with Gasteiger partial charge in [-0.05, 0) is 36.5 Å². The van der Waals surface area contributed by atoms with Crippen molar-refractivity contribution in [2.24, 2.45) is 5.92 Å². The van der Waals surface area contributed by atoms with Gasteiger partial charge in [-0.3, -0.25) is 0 Å². The Morgan fingerprint density at radius 1 is 1.33 bits per heavy atom. The number of nitrogens with zero attached hydrogens (tertiary/aromatic N) is 2. The van der Waals surface area contributed by atoms with E-state index in [2.05, 4.69) is 6.92 Å². The molecule has 0 aliphatic carbocycles. The van der Waals surface area contributed by atoms with Gasteiger partial charge in [-0.25, -0.2) is 0 Å². The van der Waals surface area contributed by atoms with Gasteiger partial charge in [-0.2, -0.15) is 17.0 Å². The molecule has 1 fully saturated rings. The number of ether oxygens (including phenoxy) is 1. The highest BCUT2D eigenvalue weighted by atomic mass is 32.2. The summed E-state index contributed by atoms with van der Waals surface area (Å²) in [6.07, 6.45) is 2.05. The van der Waals surface area contributed by atoms with Gasteiger partial charge in [0, 0.05) is 26.7 Å². The summed E-state index contributed by atoms with van der Waals surface area (Å²) >= 11 is 0. The summed E-state index contributed by atoms with van der Waals surface area (Å²) in [7, 11) is -0.121. The van der Waals surface area contributed by atoms with Crippen LogP contribution in [0.3, 0.4) is 0 Å². The molecule has 1 aliphatic heterocycles. The van der Waals surface area contributed by atoms with Crippen molar-refractivity contribution in [2.75, 3.05) is 27.2 Å². The van der Waals surface area contributed by atoms with E-state index in [0.717, 1.165) is 24.2 Å². The normalized spacial score (nSPS) is 20.7. The fraction of sp³-hybridized carbons (Fsp3) is 0.600. The minimum Gasteiger partial charge on any atom is -0.497 e. The van der Waals surface area contributed by atoms with Crippen LogP contribution >= 0.6 is 0 Å². The fourth-order valence-corrected chi connectivity index (χ4v) is 4.13. The van der Waals surface area contributed by atoms with Crippen LogP contribution in [0.4, 0.5) is 0 Å². The highest BCUT2D eigenvalue weighted by molar-refractivity contribution is 7.86. The van der Waals surface area contributed by atoms with E-state index in [9.17, 15) is 8.42 Å². The van der Waals surface area contributed by atoms with Gasteiger partial charge in [0.15, 0.2) is 0 Å². The average molecular weight is 312 g/mol. The molecule has 0 N–H and O–H groups in total. The first kappa shape index (κ1) is 16.3. The molecular formula is C15H24N2O3S. The van der Waals surface area contributed by atoms with Crippen molar-refractivity contribution in [1.82, 2.24) is 8.61 Å². The number of hydrogen-bond donors (Lipinski definition) is 0. The minimum atomic E-state index is -3.37. The molecule has 1 atom stereocenters. The third-order valence-corrected chi connectivity index (χ3v) is 5.81. The van der Waals surface area contributed by atoms with Crippen molar-refractivity contribution >= 4 is 10.2 Å². The van der Waals surface area contributed by atoms with E-state index in [-0.39, 0.29) is 0 Å². The van der Waals surface area contributed by atoms with Crippen LogP contribution < -0.4 is 4.74 Å². The largest absolute Gasteiger partial charge is 0.497 e. The van der Waals surface area contributed by atoms with Crippen molar-refractivity contribution < 1.29 is 13.2 Å². The Bertz CT molecular complexity index is 557. The molecule has 1 heterocycles. The average Bonchev–Trinajstić information content (AvgIpc) is 2.48. The third kappa shape index (κ3) is 3.96. The van der Waals surface area contributed by atoms with Gasteiger partial charge >= 0.3 is 0 Å². The zero-order valence-electron chi connectivity index (χ0n) is 12.9. The Labute approximate surface area is 127 Å². The van der Waals surface area contributed by atoms with Gasteiger partial charge in [0.25, 0.3) is 10.2 Å². The number of rotatable bonds is 5. The van der Waals surface area contributed by atoms with E-state index in [1.54, 1.807) is 18.5 Å². The lowest BCUT2D eigenvalue weighted by atomic mass is 10.0. The Morgan fingerprint density at radius 3 is 2.57 bits per heavy atom. The van der Waals surface area contributed by atoms with Crippen molar-refractivity contribution in [3.8, 4) is 5.75 Å². The van der Waals surface area contributed by atoms with Gasteiger partial charge < -0.3 is 4.74 Å². The molecule has 118 valence electrons. The SMILES string of the molecule is COc1ccc(CN(C)S(=O)(=O)N2CCC[C@H](C)C2)cc1. The molecule has 1 aromatic rings. The van der Waals surface area contributed by atoms with Crippen LogP contribution in [0.25, 0.3) is 0 Å². The van der Waals surface area contributed by atoms with Crippen LogP contribution in [0.5, 0.6) is 5.75 Å². The lowest BCUT2D eigenvalue weighted by Gasteiger charge is -2.33. The van der Waals surface area contributed by atoms with E-state index in [1.165, 1.54) is 4.31 Å². The lowest BCUT2D eigenvalue weighted by Crippen LogP contribution is -2.45. The second kappa shape index (κ2) is 6.77. The number of benzene rings is 1. The molecule has 2 rings (SSSR count). The highest BCUT2D eigenvalue weighted by Crippen LogP contribution is 2.21.